The van der Waals surface area contributed by atoms with Gasteiger partial charge in [-0.15, -0.1) is 0 Å². The van der Waals surface area contributed by atoms with Gasteiger partial charge in [-0.25, -0.2) is 9.59 Å². The lowest BCUT2D eigenvalue weighted by atomic mass is 10.1. The molecule has 1 heterocycles. The SMILES string of the molecule is CN(CC1CCCN1C(=O)OCc1ccccc1)C(=O)Oc1cccc(CC(=O)OCc2ccccc2)c1. The molecule has 4 rings (SSSR count). The smallest absolute Gasteiger partial charge is 0.415 e. The molecule has 0 aromatic heterocycles. The van der Waals surface area contributed by atoms with E-state index >= 15 is 0 Å². The van der Waals surface area contributed by atoms with E-state index in [9.17, 15) is 14.4 Å². The van der Waals surface area contributed by atoms with E-state index in [1.807, 2.05) is 60.7 Å². The van der Waals surface area contributed by atoms with Gasteiger partial charge in [-0.1, -0.05) is 72.8 Å². The molecule has 1 fully saturated rings. The molecule has 8 heteroatoms. The van der Waals surface area contributed by atoms with Gasteiger partial charge in [0.25, 0.3) is 0 Å². The first-order valence-corrected chi connectivity index (χ1v) is 12.7. The zero-order chi connectivity index (χ0) is 26.7. The molecule has 2 amide bonds. The van der Waals surface area contributed by atoms with E-state index in [-0.39, 0.29) is 37.7 Å². The van der Waals surface area contributed by atoms with Crippen molar-refractivity contribution in [3.05, 3.63) is 102 Å². The van der Waals surface area contributed by atoms with Crippen LogP contribution in [0.5, 0.6) is 5.75 Å². The van der Waals surface area contributed by atoms with Crippen LogP contribution in [0.4, 0.5) is 9.59 Å². The normalized spacial score (nSPS) is 14.6. The molecule has 198 valence electrons. The van der Waals surface area contributed by atoms with Crippen LogP contribution in [0.25, 0.3) is 0 Å². The lowest BCUT2D eigenvalue weighted by molar-refractivity contribution is -0.144. The summed E-state index contributed by atoms with van der Waals surface area (Å²) in [5.41, 5.74) is 2.51. The molecule has 1 aliphatic rings. The van der Waals surface area contributed by atoms with Crippen LogP contribution in [0, 0.1) is 0 Å². The molecule has 3 aromatic carbocycles. The minimum absolute atomic E-state index is 0.0657. The molecule has 0 spiro atoms. The summed E-state index contributed by atoms with van der Waals surface area (Å²) in [6, 6.07) is 25.6. The van der Waals surface area contributed by atoms with Crippen molar-refractivity contribution in [1.82, 2.24) is 9.80 Å². The fourth-order valence-electron chi connectivity index (χ4n) is 4.31. The molecular formula is C30H32N2O6. The molecule has 0 bridgehead atoms. The third-order valence-corrected chi connectivity index (χ3v) is 6.31. The Kier molecular flexibility index (Phi) is 9.34. The van der Waals surface area contributed by atoms with Crippen molar-refractivity contribution in [3.63, 3.8) is 0 Å². The Morgan fingerprint density at radius 3 is 2.16 bits per heavy atom. The molecule has 3 aromatic rings. The number of rotatable bonds is 9. The second kappa shape index (κ2) is 13.3. The Labute approximate surface area is 222 Å². The van der Waals surface area contributed by atoms with Crippen molar-refractivity contribution in [2.45, 2.75) is 38.5 Å². The van der Waals surface area contributed by atoms with Crippen LogP contribution in [0.3, 0.4) is 0 Å². The summed E-state index contributed by atoms with van der Waals surface area (Å²) in [6.07, 6.45) is 0.758. The van der Waals surface area contributed by atoms with Gasteiger partial charge in [0.15, 0.2) is 0 Å². The van der Waals surface area contributed by atoms with Crippen LogP contribution >= 0.6 is 0 Å². The fraction of sp³-hybridized carbons (Fsp3) is 0.300. The van der Waals surface area contributed by atoms with Gasteiger partial charge >= 0.3 is 18.2 Å². The second-order valence-electron chi connectivity index (χ2n) is 9.25. The van der Waals surface area contributed by atoms with Gasteiger partial charge in [0, 0.05) is 20.1 Å². The van der Waals surface area contributed by atoms with Crippen molar-refractivity contribution in [1.29, 1.82) is 0 Å². The maximum atomic E-state index is 12.8. The van der Waals surface area contributed by atoms with Crippen molar-refractivity contribution in [3.8, 4) is 5.75 Å². The van der Waals surface area contributed by atoms with Crippen molar-refractivity contribution < 1.29 is 28.6 Å². The summed E-state index contributed by atoms with van der Waals surface area (Å²) in [5.74, 6) is -0.0318. The number of likely N-dealkylation sites (N-methyl/N-ethyl adjacent to an activating group) is 1. The van der Waals surface area contributed by atoms with E-state index in [0.29, 0.717) is 24.4 Å². The highest BCUT2D eigenvalue weighted by Gasteiger charge is 2.32. The van der Waals surface area contributed by atoms with E-state index in [0.717, 1.165) is 24.0 Å². The number of likely N-dealkylation sites (tertiary alicyclic amines) is 1. The van der Waals surface area contributed by atoms with Gasteiger partial charge in [-0.2, -0.15) is 0 Å². The van der Waals surface area contributed by atoms with Gasteiger partial charge in [0.05, 0.1) is 12.5 Å². The van der Waals surface area contributed by atoms with E-state index < -0.39 is 6.09 Å². The van der Waals surface area contributed by atoms with Crippen LogP contribution in [0.15, 0.2) is 84.9 Å². The zero-order valence-electron chi connectivity index (χ0n) is 21.5. The predicted molar refractivity (Wildman–Crippen MR) is 141 cm³/mol. The number of ether oxygens (including phenoxy) is 3. The average molecular weight is 517 g/mol. The lowest BCUT2D eigenvalue weighted by Gasteiger charge is -2.27. The lowest BCUT2D eigenvalue weighted by Crippen LogP contribution is -2.44. The number of esters is 1. The summed E-state index contributed by atoms with van der Waals surface area (Å²) >= 11 is 0. The van der Waals surface area contributed by atoms with Gasteiger partial charge in [0.1, 0.15) is 19.0 Å². The Bertz CT molecular complexity index is 1220. The average Bonchev–Trinajstić information content (AvgIpc) is 3.40. The Balaban J connectivity index is 1.25. The minimum Gasteiger partial charge on any atom is -0.461 e. The van der Waals surface area contributed by atoms with E-state index in [4.69, 9.17) is 14.2 Å². The first-order chi connectivity index (χ1) is 18.5. The van der Waals surface area contributed by atoms with E-state index in [1.165, 1.54) is 4.90 Å². The summed E-state index contributed by atoms with van der Waals surface area (Å²) in [6.45, 7) is 1.32. The number of hydrogen-bond acceptors (Lipinski definition) is 6. The molecule has 0 saturated carbocycles. The molecule has 0 N–H and O–H groups in total. The topological polar surface area (TPSA) is 85.4 Å². The second-order valence-corrected chi connectivity index (χ2v) is 9.25. The quantitative estimate of drug-likeness (QED) is 0.363. The molecular weight excluding hydrogens is 484 g/mol. The van der Waals surface area contributed by atoms with Crippen LogP contribution in [-0.4, -0.2) is 54.1 Å². The van der Waals surface area contributed by atoms with Gasteiger partial charge in [-0.3, -0.25) is 4.79 Å². The highest BCUT2D eigenvalue weighted by atomic mass is 16.6. The molecule has 0 radical (unpaired) electrons. The van der Waals surface area contributed by atoms with Crippen LogP contribution in [-0.2, 0) is 33.9 Å². The third-order valence-electron chi connectivity index (χ3n) is 6.31. The van der Waals surface area contributed by atoms with Crippen LogP contribution in [0.1, 0.15) is 29.5 Å². The monoisotopic (exact) mass is 516 g/mol. The molecule has 1 atom stereocenters. The number of carbonyl (C=O) groups excluding carboxylic acids is 3. The summed E-state index contributed by atoms with van der Waals surface area (Å²) < 4.78 is 16.4. The zero-order valence-corrected chi connectivity index (χ0v) is 21.5. The first kappa shape index (κ1) is 26.7. The van der Waals surface area contributed by atoms with Crippen LogP contribution < -0.4 is 4.74 Å². The van der Waals surface area contributed by atoms with E-state index in [1.54, 1.807) is 36.2 Å². The largest absolute Gasteiger partial charge is 0.461 e. The minimum atomic E-state index is -0.543. The van der Waals surface area contributed by atoms with Crippen molar-refractivity contribution in [2.24, 2.45) is 0 Å². The van der Waals surface area contributed by atoms with Crippen LogP contribution in [0.2, 0.25) is 0 Å². The standard InChI is InChI=1S/C30H32N2O6/c1-31(20-26-15-9-17-32(26)30(35)37-22-24-12-6-3-7-13-24)29(34)38-27-16-8-14-25(18-27)19-28(33)36-21-23-10-4-2-5-11-23/h2-8,10-14,16,18,26H,9,15,17,19-22H2,1H3. The third kappa shape index (κ3) is 7.83. The fourth-order valence-corrected chi connectivity index (χ4v) is 4.31. The molecule has 1 aliphatic heterocycles. The summed E-state index contributed by atoms with van der Waals surface area (Å²) in [7, 11) is 1.64. The van der Waals surface area contributed by atoms with Crippen molar-refractivity contribution >= 4 is 18.2 Å². The molecule has 0 aliphatic carbocycles. The molecule has 8 nitrogen and oxygen atoms in total. The number of benzene rings is 3. The number of amides is 2. The molecule has 38 heavy (non-hydrogen) atoms. The van der Waals surface area contributed by atoms with Gasteiger partial charge < -0.3 is 24.0 Å². The highest BCUT2D eigenvalue weighted by Crippen LogP contribution is 2.21. The Morgan fingerprint density at radius 2 is 1.47 bits per heavy atom. The van der Waals surface area contributed by atoms with Gasteiger partial charge in [-0.05, 0) is 41.7 Å². The number of carbonyl (C=O) groups is 3. The highest BCUT2D eigenvalue weighted by molar-refractivity contribution is 5.74. The van der Waals surface area contributed by atoms with Crippen molar-refractivity contribution in [2.75, 3.05) is 20.1 Å². The summed E-state index contributed by atoms with van der Waals surface area (Å²) in [4.78, 5) is 40.8. The Hall–Kier alpha value is -4.33. The molecule has 1 saturated heterocycles. The maximum Gasteiger partial charge on any atom is 0.415 e. The Morgan fingerprint density at radius 1 is 0.842 bits per heavy atom. The first-order valence-electron chi connectivity index (χ1n) is 12.7. The number of hydrogen-bond donors (Lipinski definition) is 0. The molecule has 1 unspecified atom stereocenters. The maximum absolute atomic E-state index is 12.8. The number of nitrogens with zero attached hydrogens (tertiary/aromatic N) is 2. The van der Waals surface area contributed by atoms with E-state index in [2.05, 4.69) is 0 Å². The van der Waals surface area contributed by atoms with Gasteiger partial charge in [0.2, 0.25) is 0 Å². The summed E-state index contributed by atoms with van der Waals surface area (Å²) in [5, 5.41) is 0. The predicted octanol–water partition coefficient (Wildman–Crippen LogP) is 5.20.